The van der Waals surface area contributed by atoms with Crippen molar-refractivity contribution in [2.45, 2.75) is 19.4 Å². The van der Waals surface area contributed by atoms with Crippen molar-refractivity contribution in [2.24, 2.45) is 0 Å². The van der Waals surface area contributed by atoms with Gasteiger partial charge in [0.25, 0.3) is 5.91 Å². The van der Waals surface area contributed by atoms with E-state index in [2.05, 4.69) is 17.3 Å². The van der Waals surface area contributed by atoms with Crippen LogP contribution in [0.1, 0.15) is 13.8 Å². The Hall–Kier alpha value is -1.95. The molecule has 0 aliphatic carbocycles. The average Bonchev–Trinajstić information content (AvgIpc) is 2.64. The molecule has 0 saturated carbocycles. The van der Waals surface area contributed by atoms with Crippen LogP contribution in [0.3, 0.4) is 0 Å². The SMILES string of the molecule is C[NH+]1CCN(c2ccc(NC(=O)C(C)(C)Oc3ccc(Cl)cc3)cc2Cl)CC1. The summed E-state index contributed by atoms with van der Waals surface area (Å²) >= 11 is 12.4. The summed E-state index contributed by atoms with van der Waals surface area (Å²) in [7, 11) is 2.20. The minimum atomic E-state index is -1.06. The fraction of sp³-hybridized carbons (Fsp3) is 0.381. The van der Waals surface area contributed by atoms with E-state index >= 15 is 0 Å². The van der Waals surface area contributed by atoms with Gasteiger partial charge < -0.3 is 19.9 Å². The molecule has 0 bridgehead atoms. The maximum atomic E-state index is 12.7. The van der Waals surface area contributed by atoms with Crippen molar-refractivity contribution >= 4 is 40.5 Å². The van der Waals surface area contributed by atoms with Crippen molar-refractivity contribution in [3.8, 4) is 5.75 Å². The molecular formula is C21H26Cl2N3O2+. The van der Waals surface area contributed by atoms with Gasteiger partial charge in [-0.05, 0) is 56.3 Å². The van der Waals surface area contributed by atoms with Crippen LogP contribution in [-0.2, 0) is 4.79 Å². The van der Waals surface area contributed by atoms with Crippen molar-refractivity contribution in [2.75, 3.05) is 43.4 Å². The van der Waals surface area contributed by atoms with E-state index < -0.39 is 5.60 Å². The number of likely N-dealkylation sites (N-methyl/N-ethyl adjacent to an activating group) is 1. The number of hydrogen-bond acceptors (Lipinski definition) is 3. The van der Waals surface area contributed by atoms with Gasteiger partial charge >= 0.3 is 0 Å². The zero-order valence-electron chi connectivity index (χ0n) is 16.4. The molecule has 2 aromatic rings. The molecule has 0 aromatic heterocycles. The van der Waals surface area contributed by atoms with Gasteiger partial charge in [0.2, 0.25) is 0 Å². The Morgan fingerprint density at radius 1 is 1.11 bits per heavy atom. The molecule has 2 aromatic carbocycles. The van der Waals surface area contributed by atoms with Gasteiger partial charge in [0.1, 0.15) is 5.75 Å². The molecule has 2 N–H and O–H groups in total. The van der Waals surface area contributed by atoms with Crippen LogP contribution < -0.4 is 19.9 Å². The summed E-state index contributed by atoms with van der Waals surface area (Å²) in [4.78, 5) is 16.5. The third-order valence-corrected chi connectivity index (χ3v) is 5.45. The van der Waals surface area contributed by atoms with E-state index in [0.29, 0.717) is 21.5 Å². The Kier molecular flexibility index (Phi) is 6.38. The number of nitrogens with zero attached hydrogens (tertiary/aromatic N) is 1. The van der Waals surface area contributed by atoms with Crippen LogP contribution in [0.2, 0.25) is 10.0 Å². The number of nitrogens with one attached hydrogen (secondary N) is 2. The molecular weight excluding hydrogens is 397 g/mol. The number of carbonyl (C=O) groups excluding carboxylic acids is 1. The fourth-order valence-electron chi connectivity index (χ4n) is 3.10. The minimum Gasteiger partial charge on any atom is -0.478 e. The summed E-state index contributed by atoms with van der Waals surface area (Å²) in [6, 6.07) is 12.6. The van der Waals surface area contributed by atoms with E-state index in [1.54, 1.807) is 44.2 Å². The number of anilines is 2. The fourth-order valence-corrected chi connectivity index (χ4v) is 3.52. The molecule has 0 atom stereocenters. The first-order chi connectivity index (χ1) is 13.2. The molecule has 150 valence electrons. The summed E-state index contributed by atoms with van der Waals surface area (Å²) in [6.45, 7) is 7.56. The number of hydrogen-bond donors (Lipinski definition) is 2. The van der Waals surface area contributed by atoms with E-state index in [-0.39, 0.29) is 5.91 Å². The number of amides is 1. The Labute approximate surface area is 176 Å². The maximum absolute atomic E-state index is 12.7. The Bertz CT molecular complexity index is 832. The summed E-state index contributed by atoms with van der Waals surface area (Å²) in [6.07, 6.45) is 0. The van der Waals surface area contributed by atoms with E-state index in [0.717, 1.165) is 31.9 Å². The lowest BCUT2D eigenvalue weighted by Crippen LogP contribution is -3.12. The quantitative estimate of drug-likeness (QED) is 0.777. The van der Waals surface area contributed by atoms with E-state index in [1.165, 1.54) is 4.90 Å². The number of halogens is 2. The second-order valence-electron chi connectivity index (χ2n) is 7.63. The van der Waals surface area contributed by atoms with Gasteiger partial charge in [0.15, 0.2) is 5.60 Å². The van der Waals surface area contributed by atoms with Gasteiger partial charge in [0, 0.05) is 10.7 Å². The van der Waals surface area contributed by atoms with Crippen LogP contribution in [0.15, 0.2) is 42.5 Å². The normalized spacial score (nSPS) is 15.4. The Morgan fingerprint density at radius 3 is 2.36 bits per heavy atom. The van der Waals surface area contributed by atoms with Crippen LogP contribution in [0.4, 0.5) is 11.4 Å². The third-order valence-electron chi connectivity index (χ3n) is 4.90. The molecule has 5 nitrogen and oxygen atoms in total. The van der Waals surface area contributed by atoms with E-state index in [9.17, 15) is 4.79 Å². The van der Waals surface area contributed by atoms with Crippen LogP contribution in [-0.4, -0.2) is 44.7 Å². The Balaban J connectivity index is 1.66. The van der Waals surface area contributed by atoms with Gasteiger partial charge in [-0.25, -0.2) is 0 Å². The summed E-state index contributed by atoms with van der Waals surface area (Å²) in [5.41, 5.74) is 0.592. The van der Waals surface area contributed by atoms with Gasteiger partial charge in [-0.15, -0.1) is 0 Å². The van der Waals surface area contributed by atoms with Gasteiger partial charge in [0.05, 0.1) is 43.9 Å². The number of piperazine rings is 1. The Morgan fingerprint density at radius 2 is 1.75 bits per heavy atom. The van der Waals surface area contributed by atoms with E-state index in [4.69, 9.17) is 27.9 Å². The lowest BCUT2D eigenvalue weighted by atomic mass is 10.1. The molecule has 1 aliphatic rings. The van der Waals surface area contributed by atoms with Gasteiger partial charge in [-0.2, -0.15) is 0 Å². The van der Waals surface area contributed by atoms with Crippen LogP contribution >= 0.6 is 23.2 Å². The standard InChI is InChI=1S/C21H25Cl2N3O2/c1-21(2,28-17-7-4-15(22)5-8-17)20(27)24-16-6-9-19(18(23)14-16)26-12-10-25(3)11-13-26/h4-9,14H,10-13H2,1-3H3,(H,24,27)/p+1. The van der Waals surface area contributed by atoms with Crippen LogP contribution in [0.25, 0.3) is 0 Å². The largest absolute Gasteiger partial charge is 0.478 e. The number of benzene rings is 2. The molecule has 1 saturated heterocycles. The first-order valence-electron chi connectivity index (χ1n) is 9.36. The number of carbonyl (C=O) groups is 1. The molecule has 0 unspecified atom stereocenters. The number of quaternary nitrogens is 1. The summed E-state index contributed by atoms with van der Waals surface area (Å²) < 4.78 is 5.84. The first kappa shape index (κ1) is 20.8. The average molecular weight is 423 g/mol. The van der Waals surface area contributed by atoms with Gasteiger partial charge in [-0.1, -0.05) is 23.2 Å². The molecule has 7 heteroatoms. The van der Waals surface area contributed by atoms with Crippen molar-refractivity contribution in [3.63, 3.8) is 0 Å². The molecule has 1 fully saturated rings. The zero-order valence-corrected chi connectivity index (χ0v) is 17.9. The lowest BCUT2D eigenvalue weighted by Gasteiger charge is -2.32. The third kappa shape index (κ3) is 5.10. The maximum Gasteiger partial charge on any atom is 0.267 e. The zero-order chi connectivity index (χ0) is 20.3. The van der Waals surface area contributed by atoms with Crippen molar-refractivity contribution < 1.29 is 14.4 Å². The van der Waals surface area contributed by atoms with Gasteiger partial charge in [-0.3, -0.25) is 4.79 Å². The highest BCUT2D eigenvalue weighted by Gasteiger charge is 2.30. The minimum absolute atomic E-state index is 0.255. The highest BCUT2D eigenvalue weighted by Crippen LogP contribution is 2.30. The molecule has 0 radical (unpaired) electrons. The molecule has 1 aliphatic heterocycles. The molecule has 1 heterocycles. The van der Waals surface area contributed by atoms with Crippen LogP contribution in [0, 0.1) is 0 Å². The van der Waals surface area contributed by atoms with E-state index in [1.807, 2.05) is 12.1 Å². The molecule has 3 rings (SSSR count). The predicted octanol–water partition coefficient (Wildman–Crippen LogP) is 3.12. The lowest BCUT2D eigenvalue weighted by molar-refractivity contribution is -0.880. The first-order valence-corrected chi connectivity index (χ1v) is 10.1. The topological polar surface area (TPSA) is 46.0 Å². The second kappa shape index (κ2) is 8.60. The molecule has 1 amide bonds. The second-order valence-corrected chi connectivity index (χ2v) is 8.47. The van der Waals surface area contributed by atoms with Crippen molar-refractivity contribution in [3.05, 3.63) is 52.5 Å². The number of rotatable bonds is 5. The van der Waals surface area contributed by atoms with Crippen LogP contribution in [0.5, 0.6) is 5.75 Å². The smallest absolute Gasteiger partial charge is 0.267 e. The van der Waals surface area contributed by atoms with Crippen molar-refractivity contribution in [1.82, 2.24) is 0 Å². The predicted molar refractivity (Wildman–Crippen MR) is 115 cm³/mol. The molecule has 28 heavy (non-hydrogen) atoms. The highest BCUT2D eigenvalue weighted by atomic mass is 35.5. The van der Waals surface area contributed by atoms with Crippen molar-refractivity contribution in [1.29, 1.82) is 0 Å². The molecule has 0 spiro atoms. The highest BCUT2D eigenvalue weighted by molar-refractivity contribution is 6.33. The summed E-state index contributed by atoms with van der Waals surface area (Å²) in [5.74, 6) is 0.324. The number of ether oxygens (including phenoxy) is 1. The monoisotopic (exact) mass is 422 g/mol. The summed E-state index contributed by atoms with van der Waals surface area (Å²) in [5, 5.41) is 4.14.